The Balaban J connectivity index is 1.43. The van der Waals surface area contributed by atoms with Gasteiger partial charge in [0.25, 0.3) is 0 Å². The molecule has 0 aromatic heterocycles. The summed E-state index contributed by atoms with van der Waals surface area (Å²) in [6.07, 6.45) is 6.47. The number of nitrogens with zero attached hydrogens (tertiary/aromatic N) is 2. The first-order valence-corrected chi connectivity index (χ1v) is 8.09. The molecule has 6 nitrogen and oxygen atoms in total. The predicted octanol–water partition coefficient (Wildman–Crippen LogP) is 0.0266. The second-order valence-corrected chi connectivity index (χ2v) is 7.19. The van der Waals surface area contributed by atoms with Crippen molar-refractivity contribution in [1.29, 1.82) is 0 Å². The number of carbonyl (C=O) groups excluding carboxylic acids is 3. The standard InChI is InChI=1S/C16H21N3O3/c1-8-4-9-5-11(9)18(8)14(20)2-3-15(21)19-12-6-10(12)7-13(19)16(17)22/h2-3,8-13H,4-7H2,1H3,(H2,17,22)/b3-2+/t8-,9-,10+,11+,12+,13+/m1/s1. The van der Waals surface area contributed by atoms with E-state index in [1.807, 2.05) is 4.90 Å². The van der Waals surface area contributed by atoms with Crippen LogP contribution < -0.4 is 5.73 Å². The van der Waals surface area contributed by atoms with E-state index in [2.05, 4.69) is 6.92 Å². The van der Waals surface area contributed by atoms with Gasteiger partial charge in [0.2, 0.25) is 17.7 Å². The zero-order valence-electron chi connectivity index (χ0n) is 12.6. The van der Waals surface area contributed by atoms with Gasteiger partial charge in [0, 0.05) is 30.3 Å². The van der Waals surface area contributed by atoms with Gasteiger partial charge in [-0.25, -0.2) is 0 Å². The molecule has 6 atom stereocenters. The Kier molecular flexibility index (Phi) is 2.86. The van der Waals surface area contributed by atoms with Crippen LogP contribution in [0.15, 0.2) is 12.2 Å². The van der Waals surface area contributed by atoms with E-state index in [9.17, 15) is 14.4 Å². The van der Waals surface area contributed by atoms with Crippen molar-refractivity contribution in [2.45, 2.75) is 56.8 Å². The molecule has 0 bridgehead atoms. The first-order chi connectivity index (χ1) is 10.5. The summed E-state index contributed by atoms with van der Waals surface area (Å²) in [4.78, 5) is 39.6. The summed E-state index contributed by atoms with van der Waals surface area (Å²) < 4.78 is 0. The van der Waals surface area contributed by atoms with E-state index < -0.39 is 11.9 Å². The van der Waals surface area contributed by atoms with E-state index in [0.29, 0.717) is 24.3 Å². The summed E-state index contributed by atoms with van der Waals surface area (Å²) in [5.74, 6) is 0.271. The average Bonchev–Trinajstić information content (AvgIpc) is 3.33. The van der Waals surface area contributed by atoms with Crippen LogP contribution in [-0.2, 0) is 14.4 Å². The maximum absolute atomic E-state index is 12.4. The Hall–Kier alpha value is -1.85. The molecule has 2 aliphatic carbocycles. The maximum Gasteiger partial charge on any atom is 0.247 e. The summed E-state index contributed by atoms with van der Waals surface area (Å²) in [6, 6.07) is 0.270. The number of amides is 3. The normalized spacial score (nSPS) is 41.5. The van der Waals surface area contributed by atoms with Gasteiger partial charge >= 0.3 is 0 Å². The Morgan fingerprint density at radius 3 is 2.00 bits per heavy atom. The molecule has 0 radical (unpaired) electrons. The van der Waals surface area contributed by atoms with Crippen molar-refractivity contribution < 1.29 is 14.4 Å². The van der Waals surface area contributed by atoms with Crippen molar-refractivity contribution in [3.05, 3.63) is 12.2 Å². The van der Waals surface area contributed by atoms with Crippen molar-refractivity contribution in [2.24, 2.45) is 17.6 Å². The van der Waals surface area contributed by atoms with E-state index >= 15 is 0 Å². The minimum absolute atomic E-state index is 0.0898. The fourth-order valence-electron chi connectivity index (χ4n) is 4.43. The molecule has 6 heteroatoms. The third-order valence-corrected chi connectivity index (χ3v) is 5.67. The lowest BCUT2D eigenvalue weighted by atomic mass is 10.1. The van der Waals surface area contributed by atoms with Crippen molar-refractivity contribution in [3.63, 3.8) is 0 Å². The zero-order valence-corrected chi connectivity index (χ0v) is 12.6. The van der Waals surface area contributed by atoms with E-state index in [-0.39, 0.29) is 23.9 Å². The largest absolute Gasteiger partial charge is 0.368 e. The van der Waals surface area contributed by atoms with E-state index in [4.69, 9.17) is 5.73 Å². The molecule has 2 N–H and O–H groups in total. The lowest BCUT2D eigenvalue weighted by Crippen LogP contribution is -2.45. The SMILES string of the molecule is C[C@@H]1C[C@@H]2C[C@@H]2N1C(=O)/C=C/C(=O)N1[C@H](C(N)=O)C[C@@H]2C[C@@H]21. The van der Waals surface area contributed by atoms with Crippen molar-refractivity contribution in [1.82, 2.24) is 9.80 Å². The third kappa shape index (κ3) is 2.04. The van der Waals surface area contributed by atoms with Crippen LogP contribution in [0.2, 0.25) is 0 Å². The fraction of sp³-hybridized carbons (Fsp3) is 0.688. The molecule has 22 heavy (non-hydrogen) atoms. The molecule has 118 valence electrons. The summed E-state index contributed by atoms with van der Waals surface area (Å²) in [6.45, 7) is 2.05. The number of piperidine rings is 2. The molecule has 2 saturated heterocycles. The topological polar surface area (TPSA) is 83.7 Å². The molecular formula is C16H21N3O3. The quantitative estimate of drug-likeness (QED) is 0.746. The molecular weight excluding hydrogens is 282 g/mol. The van der Waals surface area contributed by atoms with Crippen LogP contribution >= 0.6 is 0 Å². The molecule has 0 spiro atoms. The van der Waals surface area contributed by atoms with Gasteiger partial charge in [-0.2, -0.15) is 0 Å². The van der Waals surface area contributed by atoms with Crippen LogP contribution in [0, 0.1) is 11.8 Å². The molecule has 2 heterocycles. The van der Waals surface area contributed by atoms with Gasteiger partial charge in [-0.05, 0) is 44.4 Å². The highest BCUT2D eigenvalue weighted by atomic mass is 16.2. The number of hydrogen-bond donors (Lipinski definition) is 1. The lowest BCUT2D eigenvalue weighted by Gasteiger charge is -2.25. The van der Waals surface area contributed by atoms with Gasteiger partial charge in [0.1, 0.15) is 6.04 Å². The van der Waals surface area contributed by atoms with Crippen molar-refractivity contribution in [3.8, 4) is 0 Å². The summed E-state index contributed by atoms with van der Waals surface area (Å²) in [5, 5.41) is 0. The maximum atomic E-state index is 12.4. The van der Waals surface area contributed by atoms with Crippen molar-refractivity contribution >= 4 is 17.7 Å². The van der Waals surface area contributed by atoms with E-state index in [0.717, 1.165) is 19.3 Å². The highest BCUT2D eigenvalue weighted by Crippen LogP contribution is 2.48. The van der Waals surface area contributed by atoms with Gasteiger partial charge in [-0.1, -0.05) is 0 Å². The second kappa shape index (κ2) is 4.57. The molecule has 4 aliphatic rings. The number of fused-ring (bicyclic) bond motifs is 2. The van der Waals surface area contributed by atoms with Gasteiger partial charge in [0.05, 0.1) is 0 Å². The highest BCUT2D eigenvalue weighted by Gasteiger charge is 2.55. The summed E-state index contributed by atoms with van der Waals surface area (Å²) in [5.41, 5.74) is 5.37. The fourth-order valence-corrected chi connectivity index (χ4v) is 4.43. The molecule has 0 aromatic carbocycles. The molecule has 3 amide bonds. The first-order valence-electron chi connectivity index (χ1n) is 8.09. The van der Waals surface area contributed by atoms with Crippen LogP contribution in [0.4, 0.5) is 0 Å². The van der Waals surface area contributed by atoms with Gasteiger partial charge in [-0.15, -0.1) is 0 Å². The third-order valence-electron chi connectivity index (χ3n) is 5.67. The smallest absolute Gasteiger partial charge is 0.247 e. The number of primary amides is 1. The predicted molar refractivity (Wildman–Crippen MR) is 78.3 cm³/mol. The van der Waals surface area contributed by atoms with Gasteiger partial charge in [0.15, 0.2) is 0 Å². The minimum Gasteiger partial charge on any atom is -0.368 e. The van der Waals surface area contributed by atoms with Crippen LogP contribution in [0.3, 0.4) is 0 Å². The minimum atomic E-state index is -0.505. The first kappa shape index (κ1) is 13.8. The Morgan fingerprint density at radius 1 is 0.909 bits per heavy atom. The van der Waals surface area contributed by atoms with Crippen LogP contribution in [0.25, 0.3) is 0 Å². The number of carbonyl (C=O) groups is 3. The Bertz CT molecular complexity index is 585. The van der Waals surface area contributed by atoms with E-state index in [1.165, 1.54) is 12.2 Å². The molecule has 2 saturated carbocycles. The highest BCUT2D eigenvalue weighted by molar-refractivity contribution is 5.99. The zero-order chi connectivity index (χ0) is 15.6. The average molecular weight is 303 g/mol. The summed E-state index contributed by atoms with van der Waals surface area (Å²) >= 11 is 0. The van der Waals surface area contributed by atoms with Gasteiger partial charge < -0.3 is 15.5 Å². The summed E-state index contributed by atoms with van der Waals surface area (Å²) in [7, 11) is 0. The number of hydrogen-bond acceptors (Lipinski definition) is 3. The Morgan fingerprint density at radius 2 is 1.45 bits per heavy atom. The van der Waals surface area contributed by atoms with Crippen LogP contribution in [0.1, 0.15) is 32.6 Å². The number of nitrogens with two attached hydrogens (primary N) is 1. The molecule has 0 aromatic rings. The molecule has 0 unspecified atom stereocenters. The van der Waals surface area contributed by atoms with Crippen LogP contribution in [-0.4, -0.2) is 51.7 Å². The lowest BCUT2D eigenvalue weighted by molar-refractivity contribution is -0.135. The molecule has 4 rings (SSSR count). The van der Waals surface area contributed by atoms with Gasteiger partial charge in [-0.3, -0.25) is 14.4 Å². The number of likely N-dealkylation sites (tertiary alicyclic amines) is 2. The number of rotatable bonds is 3. The monoisotopic (exact) mass is 303 g/mol. The second-order valence-electron chi connectivity index (χ2n) is 7.19. The van der Waals surface area contributed by atoms with Crippen LogP contribution in [0.5, 0.6) is 0 Å². The Labute approximate surface area is 129 Å². The van der Waals surface area contributed by atoms with E-state index in [1.54, 1.807) is 4.90 Å². The molecule has 2 aliphatic heterocycles. The molecule has 4 fully saturated rings. The van der Waals surface area contributed by atoms with Crippen molar-refractivity contribution in [2.75, 3.05) is 0 Å².